The van der Waals surface area contributed by atoms with E-state index in [-0.39, 0.29) is 0 Å². The Balaban J connectivity index is 1.36. The second-order valence-corrected chi connectivity index (χ2v) is 8.80. The lowest BCUT2D eigenvalue weighted by atomic mass is 10.3. The van der Waals surface area contributed by atoms with E-state index in [2.05, 4.69) is 31.0 Å². The molecule has 4 rings (SSSR count). The molecule has 4 aromatic rings. The molecule has 29 heavy (non-hydrogen) atoms. The predicted octanol–water partition coefficient (Wildman–Crippen LogP) is 4.86. The third-order valence-electron chi connectivity index (χ3n) is 3.60. The first-order valence-corrected chi connectivity index (χ1v) is 11.0. The van der Waals surface area contributed by atoms with Gasteiger partial charge in [-0.1, -0.05) is 53.1 Å². The van der Waals surface area contributed by atoms with Crippen LogP contribution in [0.4, 0.5) is 19.6 Å². The molecule has 0 saturated heterocycles. The summed E-state index contributed by atoms with van der Waals surface area (Å²) in [5.74, 6) is -1.19. The van der Waals surface area contributed by atoms with E-state index in [9.17, 15) is 8.78 Å². The van der Waals surface area contributed by atoms with Crippen LogP contribution in [-0.2, 0) is 5.75 Å². The van der Waals surface area contributed by atoms with Gasteiger partial charge in [-0.2, -0.15) is 13.5 Å². The average Bonchev–Trinajstić information content (AvgIpc) is 3.37. The second kappa shape index (κ2) is 9.29. The molecule has 0 unspecified atom stereocenters. The highest BCUT2D eigenvalue weighted by Gasteiger charge is 2.12. The van der Waals surface area contributed by atoms with Crippen molar-refractivity contribution in [3.63, 3.8) is 0 Å². The summed E-state index contributed by atoms with van der Waals surface area (Å²) >= 11 is 3.39. The van der Waals surface area contributed by atoms with Crippen molar-refractivity contribution in [1.82, 2.24) is 30.4 Å². The number of rotatable bonds is 8. The first kappa shape index (κ1) is 19.7. The predicted molar refractivity (Wildman–Crippen MR) is 110 cm³/mol. The number of nitrogens with one attached hydrogen (secondary N) is 1. The normalized spacial score (nSPS) is 11.1. The van der Waals surface area contributed by atoms with Crippen molar-refractivity contribution in [3.8, 4) is 5.69 Å². The van der Waals surface area contributed by atoms with E-state index in [0.29, 0.717) is 33.4 Å². The number of anilines is 2. The molecule has 1 N–H and O–H groups in total. The molecule has 0 bridgehead atoms. The van der Waals surface area contributed by atoms with Gasteiger partial charge in [0.05, 0.1) is 11.4 Å². The second-order valence-electron chi connectivity index (χ2n) is 5.53. The Kier molecular flexibility index (Phi) is 6.32. The highest BCUT2D eigenvalue weighted by atomic mass is 32.2. The van der Waals surface area contributed by atoms with Crippen molar-refractivity contribution in [2.24, 2.45) is 0 Å². The summed E-state index contributed by atoms with van der Waals surface area (Å²) in [5, 5.41) is 23.9. The Bertz CT molecular complexity index is 1050. The summed E-state index contributed by atoms with van der Waals surface area (Å²) in [6.45, 7) is 0. The summed E-state index contributed by atoms with van der Waals surface area (Å²) in [4.78, 5) is 0.509. The molecule has 0 aliphatic carbocycles. The molecule has 0 saturated carbocycles. The van der Waals surface area contributed by atoms with E-state index < -0.39 is 5.76 Å². The third-order valence-corrected chi connectivity index (χ3v) is 6.29. The average molecular weight is 450 g/mol. The van der Waals surface area contributed by atoms with Crippen LogP contribution in [0.3, 0.4) is 0 Å². The van der Waals surface area contributed by atoms with Gasteiger partial charge in [-0.3, -0.25) is 0 Å². The van der Waals surface area contributed by atoms with Crippen molar-refractivity contribution >= 4 is 45.7 Å². The molecule has 0 aliphatic heterocycles. The molecule has 2 heterocycles. The number of hydrogen-bond acceptors (Lipinski definition) is 9. The smallest absolute Gasteiger partial charge is 0.288 e. The van der Waals surface area contributed by atoms with Crippen LogP contribution in [0.25, 0.3) is 5.69 Å². The lowest BCUT2D eigenvalue weighted by molar-refractivity contribution is 0.252. The Morgan fingerprint density at radius 3 is 2.55 bits per heavy atom. The van der Waals surface area contributed by atoms with Crippen LogP contribution in [0.15, 0.2) is 63.8 Å². The van der Waals surface area contributed by atoms with E-state index in [4.69, 9.17) is 0 Å². The lowest BCUT2D eigenvalue weighted by Gasteiger charge is -2.04. The summed E-state index contributed by atoms with van der Waals surface area (Å²) in [6, 6.07) is 16.4. The fourth-order valence-corrected chi connectivity index (χ4v) is 4.53. The molecule has 0 radical (unpaired) electrons. The van der Waals surface area contributed by atoms with Crippen LogP contribution in [-0.4, -0.2) is 36.2 Å². The number of nitrogens with zero attached hydrogens (tertiary/aromatic N) is 6. The number of benzene rings is 2. The van der Waals surface area contributed by atoms with Crippen LogP contribution in [0.1, 0.15) is 5.82 Å². The van der Waals surface area contributed by atoms with Gasteiger partial charge in [-0.15, -0.1) is 15.3 Å². The van der Waals surface area contributed by atoms with Crippen LogP contribution < -0.4 is 5.32 Å². The molecule has 0 fully saturated rings. The van der Waals surface area contributed by atoms with Gasteiger partial charge in [-0.25, -0.2) is 0 Å². The Hall–Kier alpha value is -2.57. The van der Waals surface area contributed by atoms with Crippen LogP contribution in [0.2, 0.25) is 0 Å². The maximum atomic E-state index is 12.4. The fourth-order valence-electron chi connectivity index (χ4n) is 2.35. The zero-order chi connectivity index (χ0) is 20.1. The van der Waals surface area contributed by atoms with Gasteiger partial charge in [0.25, 0.3) is 5.76 Å². The van der Waals surface area contributed by atoms with E-state index in [1.54, 1.807) is 28.9 Å². The van der Waals surface area contributed by atoms with E-state index in [1.807, 2.05) is 30.3 Å². The van der Waals surface area contributed by atoms with Gasteiger partial charge in [0, 0.05) is 10.6 Å². The number of halogens is 2. The minimum absolute atomic E-state index is 0.509. The Morgan fingerprint density at radius 2 is 1.79 bits per heavy atom. The van der Waals surface area contributed by atoms with E-state index >= 15 is 0 Å². The van der Waals surface area contributed by atoms with Gasteiger partial charge in [0.2, 0.25) is 5.13 Å². The third kappa shape index (κ3) is 5.28. The fraction of sp³-hybridized carbons (Fsp3) is 0.118. The molecular weight excluding hydrogens is 436 g/mol. The molecule has 0 spiro atoms. The van der Waals surface area contributed by atoms with Crippen molar-refractivity contribution < 1.29 is 8.78 Å². The number of hydrogen-bond donors (Lipinski definition) is 1. The highest BCUT2D eigenvalue weighted by molar-refractivity contribution is 8.00. The largest absolute Gasteiger partial charge is 0.330 e. The van der Waals surface area contributed by atoms with Gasteiger partial charge in [0.1, 0.15) is 0 Å². The molecule has 7 nitrogen and oxygen atoms in total. The standard InChI is InChI=1S/C17H13F2N7S3/c18-15(19)28-13-8-6-11(7-9-13)20-16-22-23-17(29-16)27-10-14-21-24-25-26(14)12-4-2-1-3-5-12/h1-9,15H,10H2,(H,20,22). The van der Waals surface area contributed by atoms with E-state index in [0.717, 1.165) is 15.7 Å². The highest BCUT2D eigenvalue weighted by Crippen LogP contribution is 2.31. The van der Waals surface area contributed by atoms with Crippen molar-refractivity contribution in [2.45, 2.75) is 20.7 Å². The summed E-state index contributed by atoms with van der Waals surface area (Å²) in [6.07, 6.45) is 0. The molecule has 0 aliphatic rings. The molecule has 2 aromatic heterocycles. The number of tetrazole rings is 1. The van der Waals surface area contributed by atoms with Crippen molar-refractivity contribution in [2.75, 3.05) is 5.32 Å². The number of aromatic nitrogens is 6. The lowest BCUT2D eigenvalue weighted by Crippen LogP contribution is -2.01. The molecular formula is C17H13F2N7S3. The molecule has 0 atom stereocenters. The first-order chi connectivity index (χ1) is 14.2. The Labute approximate surface area is 176 Å². The minimum atomic E-state index is -2.43. The van der Waals surface area contributed by atoms with Gasteiger partial charge >= 0.3 is 0 Å². The quantitative estimate of drug-likeness (QED) is 0.382. The van der Waals surface area contributed by atoms with Crippen LogP contribution in [0.5, 0.6) is 0 Å². The topological polar surface area (TPSA) is 81.4 Å². The monoisotopic (exact) mass is 449 g/mol. The zero-order valence-electron chi connectivity index (χ0n) is 14.6. The zero-order valence-corrected chi connectivity index (χ0v) is 17.1. The first-order valence-electron chi connectivity index (χ1n) is 8.28. The van der Waals surface area contributed by atoms with Crippen LogP contribution in [0, 0.1) is 0 Å². The number of thioether (sulfide) groups is 2. The summed E-state index contributed by atoms with van der Waals surface area (Å²) in [7, 11) is 0. The molecule has 0 amide bonds. The van der Waals surface area contributed by atoms with Gasteiger partial charge in [0.15, 0.2) is 10.2 Å². The Morgan fingerprint density at radius 1 is 1.00 bits per heavy atom. The SMILES string of the molecule is FC(F)Sc1ccc(Nc2nnc(SCc3nnnn3-c3ccccc3)s2)cc1. The molecule has 2 aromatic carbocycles. The van der Waals surface area contributed by atoms with E-state index in [1.165, 1.54) is 23.1 Å². The van der Waals surface area contributed by atoms with Crippen molar-refractivity contribution in [1.29, 1.82) is 0 Å². The minimum Gasteiger partial charge on any atom is -0.330 e. The molecule has 148 valence electrons. The van der Waals surface area contributed by atoms with Crippen LogP contribution >= 0.6 is 34.9 Å². The maximum Gasteiger partial charge on any atom is 0.288 e. The summed E-state index contributed by atoms with van der Waals surface area (Å²) in [5.41, 5.74) is 1.64. The van der Waals surface area contributed by atoms with Crippen molar-refractivity contribution in [3.05, 3.63) is 60.4 Å². The number of para-hydroxylation sites is 1. The number of alkyl halides is 2. The van der Waals surface area contributed by atoms with Gasteiger partial charge < -0.3 is 5.32 Å². The van der Waals surface area contributed by atoms with Gasteiger partial charge in [-0.05, 0) is 46.8 Å². The maximum absolute atomic E-state index is 12.4. The summed E-state index contributed by atoms with van der Waals surface area (Å²) < 4.78 is 27.2. The molecule has 12 heteroatoms.